The lowest BCUT2D eigenvalue weighted by Gasteiger charge is -2.33. The minimum absolute atomic E-state index is 0.0204. The molecule has 0 aromatic rings. The van der Waals surface area contributed by atoms with Gasteiger partial charge < -0.3 is 20.2 Å². The summed E-state index contributed by atoms with van der Waals surface area (Å²) in [5, 5.41) is 12.1. The summed E-state index contributed by atoms with van der Waals surface area (Å²) in [5.41, 5.74) is 0. The maximum Gasteiger partial charge on any atom is 0.317 e. The predicted molar refractivity (Wildman–Crippen MR) is 82.3 cm³/mol. The first-order valence-corrected chi connectivity index (χ1v) is 7.79. The molecule has 0 heterocycles. The van der Waals surface area contributed by atoms with Crippen LogP contribution in [0, 0.1) is 5.92 Å². The third-order valence-electron chi connectivity index (χ3n) is 4.11. The number of carboxylic acids is 1. The van der Waals surface area contributed by atoms with Crippen LogP contribution in [-0.2, 0) is 4.79 Å². The van der Waals surface area contributed by atoms with Gasteiger partial charge in [-0.3, -0.25) is 4.79 Å². The number of likely N-dealkylation sites (N-methyl/N-ethyl adjacent to an activating group) is 2. The van der Waals surface area contributed by atoms with Crippen LogP contribution in [0.4, 0.5) is 4.79 Å². The Morgan fingerprint density at radius 3 is 2.52 bits per heavy atom. The predicted octanol–water partition coefficient (Wildman–Crippen LogP) is 1.61. The van der Waals surface area contributed by atoms with E-state index in [0.29, 0.717) is 13.0 Å². The minimum atomic E-state index is -0.748. The van der Waals surface area contributed by atoms with Gasteiger partial charge in [0.1, 0.15) is 0 Å². The molecule has 0 saturated heterocycles. The van der Waals surface area contributed by atoms with E-state index in [1.807, 2.05) is 32.8 Å². The van der Waals surface area contributed by atoms with Crippen molar-refractivity contribution in [2.24, 2.45) is 5.92 Å². The summed E-state index contributed by atoms with van der Waals surface area (Å²) in [6.45, 7) is 5.45. The molecule has 0 spiro atoms. The Hall–Kier alpha value is -1.30. The molecule has 3 unspecified atom stereocenters. The van der Waals surface area contributed by atoms with Gasteiger partial charge in [0.2, 0.25) is 0 Å². The first kappa shape index (κ1) is 17.8. The van der Waals surface area contributed by atoms with Crippen molar-refractivity contribution >= 4 is 12.0 Å². The topological polar surface area (TPSA) is 72.9 Å². The normalized spacial score (nSPS) is 23.7. The van der Waals surface area contributed by atoms with E-state index in [1.165, 1.54) is 0 Å². The first-order valence-electron chi connectivity index (χ1n) is 7.79. The number of rotatable bonds is 6. The third kappa shape index (κ3) is 5.53. The summed E-state index contributed by atoms with van der Waals surface area (Å²) in [6, 6.07) is 0.0275. The van der Waals surface area contributed by atoms with Gasteiger partial charge in [-0.15, -0.1) is 0 Å². The summed E-state index contributed by atoms with van der Waals surface area (Å²) in [4.78, 5) is 27.3. The summed E-state index contributed by atoms with van der Waals surface area (Å²) in [7, 11) is 3.97. The number of nitrogens with one attached hydrogen (secondary N) is 1. The standard InChI is InChI=1S/C15H29N3O3/c1-5-18(11(2)10-17(3)4)15(21)16-13-8-6-7-12(9-13)14(19)20/h11-13H,5-10H2,1-4H3,(H,16,21)(H,19,20). The Labute approximate surface area is 127 Å². The average Bonchev–Trinajstić information content (AvgIpc) is 2.38. The van der Waals surface area contributed by atoms with E-state index in [0.717, 1.165) is 25.8 Å². The summed E-state index contributed by atoms with van der Waals surface area (Å²) < 4.78 is 0. The number of carbonyl (C=O) groups excluding carboxylic acids is 1. The number of urea groups is 1. The molecule has 1 saturated carbocycles. The van der Waals surface area contributed by atoms with E-state index in [-0.39, 0.29) is 24.0 Å². The van der Waals surface area contributed by atoms with Gasteiger partial charge in [0, 0.05) is 25.2 Å². The van der Waals surface area contributed by atoms with Crippen molar-refractivity contribution in [1.29, 1.82) is 0 Å². The minimum Gasteiger partial charge on any atom is -0.481 e. The molecule has 1 aliphatic rings. The average molecular weight is 299 g/mol. The molecule has 21 heavy (non-hydrogen) atoms. The second-order valence-electron chi connectivity index (χ2n) is 6.25. The highest BCUT2D eigenvalue weighted by Gasteiger charge is 2.29. The van der Waals surface area contributed by atoms with Crippen molar-refractivity contribution in [3.63, 3.8) is 0 Å². The van der Waals surface area contributed by atoms with E-state index < -0.39 is 5.97 Å². The molecule has 0 radical (unpaired) electrons. The lowest BCUT2D eigenvalue weighted by atomic mass is 9.86. The maximum atomic E-state index is 12.4. The van der Waals surface area contributed by atoms with E-state index >= 15 is 0 Å². The summed E-state index contributed by atoms with van der Waals surface area (Å²) >= 11 is 0. The molecule has 1 aliphatic carbocycles. The van der Waals surface area contributed by atoms with Crippen LogP contribution >= 0.6 is 0 Å². The van der Waals surface area contributed by atoms with Crippen LogP contribution < -0.4 is 5.32 Å². The SMILES string of the molecule is CCN(C(=O)NC1CCCC(C(=O)O)C1)C(C)CN(C)C. The highest BCUT2D eigenvalue weighted by atomic mass is 16.4. The van der Waals surface area contributed by atoms with Crippen LogP contribution in [-0.4, -0.2) is 66.2 Å². The van der Waals surface area contributed by atoms with Crippen LogP contribution in [0.15, 0.2) is 0 Å². The van der Waals surface area contributed by atoms with Gasteiger partial charge in [0.15, 0.2) is 0 Å². The van der Waals surface area contributed by atoms with Gasteiger partial charge in [0.05, 0.1) is 5.92 Å². The van der Waals surface area contributed by atoms with Crippen molar-refractivity contribution < 1.29 is 14.7 Å². The molecule has 1 fully saturated rings. The van der Waals surface area contributed by atoms with Crippen LogP contribution in [0.2, 0.25) is 0 Å². The number of amides is 2. The zero-order chi connectivity index (χ0) is 16.0. The van der Waals surface area contributed by atoms with Gasteiger partial charge in [-0.05, 0) is 47.2 Å². The molecule has 3 atom stereocenters. The Kier molecular flexibility index (Phi) is 6.95. The Morgan fingerprint density at radius 2 is 2.00 bits per heavy atom. The molecule has 1 rings (SSSR count). The fourth-order valence-corrected chi connectivity index (χ4v) is 3.09. The van der Waals surface area contributed by atoms with E-state index in [1.54, 1.807) is 0 Å². The molecule has 0 aliphatic heterocycles. The quantitative estimate of drug-likeness (QED) is 0.781. The zero-order valence-electron chi connectivity index (χ0n) is 13.6. The van der Waals surface area contributed by atoms with Crippen molar-refractivity contribution in [2.45, 2.75) is 51.6 Å². The molecule has 122 valence electrons. The van der Waals surface area contributed by atoms with E-state index in [9.17, 15) is 9.59 Å². The molecule has 2 N–H and O–H groups in total. The van der Waals surface area contributed by atoms with Gasteiger partial charge in [-0.1, -0.05) is 6.42 Å². The summed E-state index contributed by atoms with van der Waals surface area (Å²) in [6.07, 6.45) is 2.99. The van der Waals surface area contributed by atoms with Crippen molar-refractivity contribution in [3.8, 4) is 0 Å². The van der Waals surface area contributed by atoms with Gasteiger partial charge >= 0.3 is 12.0 Å². The van der Waals surface area contributed by atoms with Crippen LogP contribution in [0.25, 0.3) is 0 Å². The highest BCUT2D eigenvalue weighted by Crippen LogP contribution is 2.24. The number of nitrogens with zero attached hydrogens (tertiary/aromatic N) is 2. The van der Waals surface area contributed by atoms with Crippen molar-refractivity contribution in [2.75, 3.05) is 27.2 Å². The van der Waals surface area contributed by atoms with Crippen molar-refractivity contribution in [3.05, 3.63) is 0 Å². The first-order chi connectivity index (χ1) is 9.85. The molecule has 0 aromatic heterocycles. The number of carboxylic acid groups (broad SMARTS) is 1. The highest BCUT2D eigenvalue weighted by molar-refractivity contribution is 5.75. The largest absolute Gasteiger partial charge is 0.481 e. The molecule has 0 aromatic carbocycles. The summed E-state index contributed by atoms with van der Waals surface area (Å²) in [5.74, 6) is -1.07. The fourth-order valence-electron chi connectivity index (χ4n) is 3.09. The third-order valence-corrected chi connectivity index (χ3v) is 4.11. The zero-order valence-corrected chi connectivity index (χ0v) is 13.6. The van der Waals surface area contributed by atoms with Crippen LogP contribution in [0.3, 0.4) is 0 Å². The monoisotopic (exact) mass is 299 g/mol. The van der Waals surface area contributed by atoms with Crippen LogP contribution in [0.5, 0.6) is 0 Å². The molecule has 6 heteroatoms. The maximum absolute atomic E-state index is 12.4. The number of carbonyl (C=O) groups is 2. The van der Waals surface area contributed by atoms with Gasteiger partial charge in [-0.25, -0.2) is 4.79 Å². The van der Waals surface area contributed by atoms with Gasteiger partial charge in [0.25, 0.3) is 0 Å². The number of hydrogen-bond acceptors (Lipinski definition) is 3. The Balaban J connectivity index is 2.55. The molecule has 6 nitrogen and oxygen atoms in total. The van der Waals surface area contributed by atoms with E-state index in [4.69, 9.17) is 5.11 Å². The van der Waals surface area contributed by atoms with Crippen LogP contribution in [0.1, 0.15) is 39.5 Å². The second kappa shape index (κ2) is 8.22. The molecular weight excluding hydrogens is 270 g/mol. The Morgan fingerprint density at radius 1 is 1.33 bits per heavy atom. The molecular formula is C15H29N3O3. The van der Waals surface area contributed by atoms with E-state index in [2.05, 4.69) is 10.2 Å². The molecule has 0 bridgehead atoms. The smallest absolute Gasteiger partial charge is 0.317 e. The van der Waals surface area contributed by atoms with Gasteiger partial charge in [-0.2, -0.15) is 0 Å². The lowest BCUT2D eigenvalue weighted by Crippen LogP contribution is -2.51. The number of aliphatic carboxylic acids is 1. The molecule has 2 amide bonds. The van der Waals surface area contributed by atoms with Crippen molar-refractivity contribution in [1.82, 2.24) is 15.1 Å². The second-order valence-corrected chi connectivity index (χ2v) is 6.25. The lowest BCUT2D eigenvalue weighted by molar-refractivity contribution is -0.143. The Bertz CT molecular complexity index is 360. The number of hydrogen-bond donors (Lipinski definition) is 2. The fraction of sp³-hybridized carbons (Fsp3) is 0.867.